The Morgan fingerprint density at radius 3 is 2.41 bits per heavy atom. The molecule has 1 atom stereocenters. The fourth-order valence-electron chi connectivity index (χ4n) is 1.92. The average molecular weight is 246 g/mol. The third kappa shape index (κ3) is 4.23. The molecule has 0 spiro atoms. The third-order valence-electron chi connectivity index (χ3n) is 3.25. The van der Waals surface area contributed by atoms with Crippen LogP contribution in [0.2, 0.25) is 0 Å². The summed E-state index contributed by atoms with van der Waals surface area (Å²) in [6.07, 6.45) is 2.23. The largest absolute Gasteiger partial charge is 0.394 e. The fraction of sp³-hybridized carbons (Fsp3) is 0.909. The first kappa shape index (κ1) is 14.4. The van der Waals surface area contributed by atoms with Crippen molar-refractivity contribution in [3.8, 4) is 0 Å². The molecule has 100 valence electrons. The van der Waals surface area contributed by atoms with E-state index in [1.807, 2.05) is 0 Å². The Morgan fingerprint density at radius 2 is 1.94 bits per heavy atom. The second-order valence-electron chi connectivity index (χ2n) is 4.70. The van der Waals surface area contributed by atoms with Crippen LogP contribution in [-0.2, 0) is 4.79 Å². The minimum Gasteiger partial charge on any atom is -0.394 e. The number of hydrogen-bond acceptors (Lipinski definition) is 5. The number of nitrogens with one attached hydrogen (secondary N) is 2. The molecule has 1 amide bonds. The van der Waals surface area contributed by atoms with Crippen molar-refractivity contribution in [3.63, 3.8) is 0 Å². The summed E-state index contributed by atoms with van der Waals surface area (Å²) in [6.45, 7) is 0.517. The van der Waals surface area contributed by atoms with Crippen LogP contribution in [0.4, 0.5) is 0 Å². The van der Waals surface area contributed by atoms with E-state index in [2.05, 4.69) is 10.6 Å². The summed E-state index contributed by atoms with van der Waals surface area (Å²) >= 11 is 0. The Balaban J connectivity index is 2.31. The molecule has 1 aliphatic rings. The van der Waals surface area contributed by atoms with Crippen LogP contribution in [0.1, 0.15) is 19.3 Å². The van der Waals surface area contributed by atoms with Crippen molar-refractivity contribution < 1.29 is 20.1 Å². The zero-order valence-electron chi connectivity index (χ0n) is 9.98. The topological polar surface area (TPSA) is 102 Å². The van der Waals surface area contributed by atoms with Gasteiger partial charge in [0, 0.05) is 6.42 Å². The normalized spacial score (nSPS) is 20.5. The van der Waals surface area contributed by atoms with Gasteiger partial charge in [-0.2, -0.15) is 0 Å². The van der Waals surface area contributed by atoms with Gasteiger partial charge in [0.25, 0.3) is 0 Å². The van der Waals surface area contributed by atoms with Gasteiger partial charge in [-0.15, -0.1) is 0 Å². The quantitative estimate of drug-likeness (QED) is 0.365. The van der Waals surface area contributed by atoms with Gasteiger partial charge in [0.05, 0.1) is 19.8 Å². The summed E-state index contributed by atoms with van der Waals surface area (Å²) < 4.78 is 0. The fourth-order valence-corrected chi connectivity index (χ4v) is 1.92. The molecular weight excluding hydrogens is 224 g/mol. The van der Waals surface area contributed by atoms with Gasteiger partial charge in [0.2, 0.25) is 5.91 Å². The summed E-state index contributed by atoms with van der Waals surface area (Å²) in [5.41, 5.74) is -1.30. The molecule has 1 aliphatic heterocycles. The lowest BCUT2D eigenvalue weighted by atomic mass is 10.00. The van der Waals surface area contributed by atoms with Crippen molar-refractivity contribution in [2.24, 2.45) is 5.92 Å². The molecule has 1 fully saturated rings. The molecule has 1 rings (SSSR count). The predicted molar refractivity (Wildman–Crippen MR) is 62.3 cm³/mol. The zero-order valence-corrected chi connectivity index (χ0v) is 9.98. The molecule has 0 aliphatic carbocycles. The van der Waals surface area contributed by atoms with Crippen molar-refractivity contribution in [1.29, 1.82) is 0 Å². The minimum atomic E-state index is -1.30. The van der Waals surface area contributed by atoms with Crippen LogP contribution in [0.3, 0.4) is 0 Å². The maximum Gasteiger partial charge on any atom is 0.220 e. The third-order valence-corrected chi connectivity index (χ3v) is 3.25. The Bertz CT molecular complexity index is 229. The van der Waals surface area contributed by atoms with Crippen LogP contribution < -0.4 is 10.6 Å². The lowest BCUT2D eigenvalue weighted by Gasteiger charge is -2.28. The molecule has 0 aromatic rings. The van der Waals surface area contributed by atoms with Crippen molar-refractivity contribution in [3.05, 3.63) is 0 Å². The molecule has 1 saturated heterocycles. The molecule has 6 heteroatoms. The molecule has 0 aromatic heterocycles. The minimum absolute atomic E-state index is 0.242. The van der Waals surface area contributed by atoms with Crippen LogP contribution >= 0.6 is 0 Å². The standard InChI is InChI=1S/C11H22N2O4/c14-6-11(7-15,8-16)13-10(17)2-1-9-3-4-12-5-9/h9,12,14-16H,1-8H2,(H,13,17). The zero-order chi connectivity index (χ0) is 12.7. The van der Waals surface area contributed by atoms with Gasteiger partial charge >= 0.3 is 0 Å². The number of carbonyl (C=O) groups excluding carboxylic acids is 1. The van der Waals surface area contributed by atoms with E-state index in [0.29, 0.717) is 12.3 Å². The van der Waals surface area contributed by atoms with E-state index in [4.69, 9.17) is 15.3 Å². The number of aliphatic hydroxyl groups is 3. The molecule has 0 radical (unpaired) electrons. The van der Waals surface area contributed by atoms with Gasteiger partial charge in [0.15, 0.2) is 0 Å². The van der Waals surface area contributed by atoms with Crippen LogP contribution in [0, 0.1) is 5.92 Å². The second-order valence-corrected chi connectivity index (χ2v) is 4.70. The molecule has 1 heterocycles. The van der Waals surface area contributed by atoms with Crippen molar-refractivity contribution in [2.75, 3.05) is 32.9 Å². The average Bonchev–Trinajstić information content (AvgIpc) is 2.87. The Morgan fingerprint density at radius 1 is 1.29 bits per heavy atom. The molecule has 0 aromatic carbocycles. The number of rotatable bonds is 7. The SMILES string of the molecule is O=C(CCC1CCNC1)NC(CO)(CO)CO. The molecule has 6 nitrogen and oxygen atoms in total. The number of hydrogen-bond donors (Lipinski definition) is 5. The molecule has 17 heavy (non-hydrogen) atoms. The van der Waals surface area contributed by atoms with Gasteiger partial charge in [-0.3, -0.25) is 4.79 Å². The van der Waals surface area contributed by atoms with E-state index in [-0.39, 0.29) is 5.91 Å². The maximum absolute atomic E-state index is 11.6. The van der Waals surface area contributed by atoms with E-state index in [9.17, 15) is 4.79 Å². The van der Waals surface area contributed by atoms with Crippen LogP contribution in [0.15, 0.2) is 0 Å². The summed E-state index contributed by atoms with van der Waals surface area (Å²) in [7, 11) is 0. The van der Waals surface area contributed by atoms with Crippen molar-refractivity contribution in [1.82, 2.24) is 10.6 Å². The van der Waals surface area contributed by atoms with E-state index in [1.165, 1.54) is 0 Å². The first-order chi connectivity index (χ1) is 8.15. The smallest absolute Gasteiger partial charge is 0.220 e. The lowest BCUT2D eigenvalue weighted by Crippen LogP contribution is -2.57. The Hall–Kier alpha value is -0.690. The highest BCUT2D eigenvalue weighted by molar-refractivity contribution is 5.76. The molecule has 1 unspecified atom stereocenters. The Kier molecular flexibility index (Phi) is 5.84. The number of carbonyl (C=O) groups is 1. The summed E-state index contributed by atoms with van der Waals surface area (Å²) in [5.74, 6) is 0.279. The van der Waals surface area contributed by atoms with E-state index in [0.717, 1.165) is 25.9 Å². The monoisotopic (exact) mass is 246 g/mol. The van der Waals surface area contributed by atoms with Gasteiger partial charge in [-0.25, -0.2) is 0 Å². The number of amides is 1. The van der Waals surface area contributed by atoms with Crippen LogP contribution in [0.25, 0.3) is 0 Å². The first-order valence-corrected chi connectivity index (χ1v) is 6.00. The highest BCUT2D eigenvalue weighted by Gasteiger charge is 2.30. The van der Waals surface area contributed by atoms with Gasteiger partial charge in [-0.05, 0) is 31.8 Å². The summed E-state index contributed by atoms with van der Waals surface area (Å²) in [6, 6.07) is 0. The predicted octanol–water partition coefficient (Wildman–Crippen LogP) is -1.79. The molecule has 5 N–H and O–H groups in total. The number of aliphatic hydroxyl groups excluding tert-OH is 3. The van der Waals surface area contributed by atoms with Gasteiger partial charge in [0.1, 0.15) is 5.54 Å². The van der Waals surface area contributed by atoms with Crippen LogP contribution in [-0.4, -0.2) is 59.7 Å². The lowest BCUT2D eigenvalue weighted by molar-refractivity contribution is -0.125. The highest BCUT2D eigenvalue weighted by atomic mass is 16.3. The van der Waals surface area contributed by atoms with Crippen molar-refractivity contribution >= 4 is 5.91 Å². The van der Waals surface area contributed by atoms with Gasteiger partial charge in [-0.1, -0.05) is 0 Å². The summed E-state index contributed by atoms with van der Waals surface area (Å²) in [5, 5.41) is 32.9. The Labute approximate surface area is 101 Å². The van der Waals surface area contributed by atoms with E-state index >= 15 is 0 Å². The van der Waals surface area contributed by atoms with Crippen LogP contribution in [0.5, 0.6) is 0 Å². The molecule has 0 saturated carbocycles. The first-order valence-electron chi connectivity index (χ1n) is 6.00. The van der Waals surface area contributed by atoms with E-state index < -0.39 is 25.4 Å². The van der Waals surface area contributed by atoms with Crippen molar-refractivity contribution in [2.45, 2.75) is 24.8 Å². The molecular formula is C11H22N2O4. The molecule has 0 bridgehead atoms. The maximum atomic E-state index is 11.6. The second kappa shape index (κ2) is 6.90. The summed E-state index contributed by atoms with van der Waals surface area (Å²) in [4.78, 5) is 11.6. The van der Waals surface area contributed by atoms with Gasteiger partial charge < -0.3 is 26.0 Å². The van der Waals surface area contributed by atoms with E-state index in [1.54, 1.807) is 0 Å². The highest BCUT2D eigenvalue weighted by Crippen LogP contribution is 2.14.